The minimum Gasteiger partial charge on any atom is -0.360 e. The summed E-state index contributed by atoms with van der Waals surface area (Å²) < 4.78 is 0. The normalized spacial score (nSPS) is 12.4. The maximum atomic E-state index is 12.7. The van der Waals surface area contributed by atoms with Crippen molar-refractivity contribution in [3.8, 4) is 0 Å². The zero-order chi connectivity index (χ0) is 20.7. The van der Waals surface area contributed by atoms with Gasteiger partial charge in [0, 0.05) is 24.7 Å². The second kappa shape index (κ2) is 10.6. The van der Waals surface area contributed by atoms with Crippen LogP contribution < -0.4 is 10.9 Å². The Balaban J connectivity index is 2.27. The van der Waals surface area contributed by atoms with E-state index in [4.69, 9.17) is 12.2 Å². The molecular weight excluding hydrogens is 368 g/mol. The first-order valence-electron chi connectivity index (χ1n) is 10.3. The second-order valence-corrected chi connectivity index (χ2v) is 7.76. The molecule has 0 aliphatic rings. The maximum Gasteiger partial charge on any atom is 0.253 e. The molecule has 2 aromatic rings. The minimum atomic E-state index is -0.0408. The van der Waals surface area contributed by atoms with Crippen molar-refractivity contribution >= 4 is 28.2 Å². The smallest absolute Gasteiger partial charge is 0.253 e. The highest BCUT2D eigenvalue weighted by Gasteiger charge is 2.16. The first-order valence-corrected chi connectivity index (χ1v) is 10.7. The number of aryl methyl sites for hydroxylation is 1. The highest BCUT2D eigenvalue weighted by molar-refractivity contribution is 7.80. The molecule has 1 aromatic carbocycles. The molecule has 0 spiro atoms. The van der Waals surface area contributed by atoms with E-state index in [0.717, 1.165) is 54.6 Å². The molecule has 28 heavy (non-hydrogen) atoms. The summed E-state index contributed by atoms with van der Waals surface area (Å²) in [5.74, 6) is 0. The van der Waals surface area contributed by atoms with Crippen molar-refractivity contribution in [2.45, 2.75) is 53.6 Å². The van der Waals surface area contributed by atoms with Crippen molar-refractivity contribution in [3.05, 3.63) is 45.7 Å². The lowest BCUT2D eigenvalue weighted by atomic mass is 10.1. The van der Waals surface area contributed by atoms with E-state index in [-0.39, 0.29) is 5.56 Å². The lowest BCUT2D eigenvalue weighted by Crippen LogP contribution is -2.46. The van der Waals surface area contributed by atoms with Gasteiger partial charge in [-0.3, -0.25) is 4.79 Å². The summed E-state index contributed by atoms with van der Waals surface area (Å²) in [4.78, 5) is 20.3. The van der Waals surface area contributed by atoms with Crippen molar-refractivity contribution in [3.63, 3.8) is 0 Å². The van der Waals surface area contributed by atoms with Crippen LogP contribution in [0.1, 0.15) is 45.2 Å². The number of thiocarbonyl (C=S) groups is 1. The van der Waals surface area contributed by atoms with Gasteiger partial charge in [-0.1, -0.05) is 39.0 Å². The quantitative estimate of drug-likeness (QED) is 0.627. The molecule has 0 saturated heterocycles. The van der Waals surface area contributed by atoms with E-state index >= 15 is 0 Å². The van der Waals surface area contributed by atoms with Crippen LogP contribution in [0.4, 0.5) is 0 Å². The van der Waals surface area contributed by atoms with Gasteiger partial charge in [0.05, 0.1) is 12.1 Å². The number of benzene rings is 1. The molecule has 0 bridgehead atoms. The highest BCUT2D eigenvalue weighted by Crippen LogP contribution is 2.16. The molecule has 5 nitrogen and oxygen atoms in total. The largest absolute Gasteiger partial charge is 0.360 e. The van der Waals surface area contributed by atoms with Gasteiger partial charge in [0.25, 0.3) is 5.56 Å². The van der Waals surface area contributed by atoms with Gasteiger partial charge in [0.2, 0.25) is 0 Å². The average molecular weight is 403 g/mol. The number of H-pyrrole nitrogens is 1. The van der Waals surface area contributed by atoms with Gasteiger partial charge in [-0.15, -0.1) is 0 Å². The lowest BCUT2D eigenvalue weighted by Gasteiger charge is -2.30. The number of likely N-dealkylation sites (N-methyl/N-ethyl adjacent to an activating group) is 1. The monoisotopic (exact) mass is 402 g/mol. The Kier molecular flexibility index (Phi) is 8.45. The van der Waals surface area contributed by atoms with E-state index in [0.29, 0.717) is 17.7 Å². The Morgan fingerprint density at radius 1 is 1.21 bits per heavy atom. The summed E-state index contributed by atoms with van der Waals surface area (Å²) in [6, 6.07) is 8.38. The Bertz CT molecular complexity index is 844. The molecule has 1 aromatic heterocycles. The molecule has 1 atom stereocenters. The molecule has 0 amide bonds. The number of nitrogens with one attached hydrogen (secondary N) is 2. The molecule has 0 radical (unpaired) electrons. The molecular formula is C22H34N4OS. The van der Waals surface area contributed by atoms with Gasteiger partial charge in [-0.2, -0.15) is 0 Å². The third kappa shape index (κ3) is 5.79. The Morgan fingerprint density at radius 3 is 2.57 bits per heavy atom. The molecule has 6 heteroatoms. The van der Waals surface area contributed by atoms with Gasteiger partial charge in [0.15, 0.2) is 5.11 Å². The molecule has 1 heterocycles. The van der Waals surface area contributed by atoms with E-state index in [1.54, 1.807) is 0 Å². The molecule has 2 N–H and O–H groups in total. The Morgan fingerprint density at radius 2 is 1.93 bits per heavy atom. The van der Waals surface area contributed by atoms with Gasteiger partial charge in [-0.25, -0.2) is 0 Å². The fourth-order valence-electron chi connectivity index (χ4n) is 3.21. The number of aromatic nitrogens is 1. The van der Waals surface area contributed by atoms with E-state index in [2.05, 4.69) is 47.8 Å². The van der Waals surface area contributed by atoms with Crippen LogP contribution in [0.3, 0.4) is 0 Å². The second-order valence-electron chi connectivity index (χ2n) is 7.37. The minimum absolute atomic E-state index is 0.0408. The lowest BCUT2D eigenvalue weighted by molar-refractivity contribution is 0.262. The van der Waals surface area contributed by atoms with E-state index < -0.39 is 0 Å². The fourth-order valence-corrected chi connectivity index (χ4v) is 3.57. The first kappa shape index (κ1) is 22.4. The number of fused-ring (bicyclic) bond motifs is 1. The zero-order valence-electron chi connectivity index (χ0n) is 17.8. The Labute approximate surface area is 174 Å². The molecule has 0 saturated carbocycles. The van der Waals surface area contributed by atoms with E-state index in [9.17, 15) is 4.79 Å². The van der Waals surface area contributed by atoms with Gasteiger partial charge >= 0.3 is 0 Å². The number of hydrogen-bond donors (Lipinski definition) is 2. The van der Waals surface area contributed by atoms with Crippen molar-refractivity contribution in [2.75, 3.05) is 26.2 Å². The van der Waals surface area contributed by atoms with Crippen LogP contribution >= 0.6 is 12.2 Å². The first-order chi connectivity index (χ1) is 13.4. The fraction of sp³-hybridized carbons (Fsp3) is 0.545. The van der Waals surface area contributed by atoms with Crippen molar-refractivity contribution < 1.29 is 0 Å². The molecule has 154 valence electrons. The summed E-state index contributed by atoms with van der Waals surface area (Å²) in [6.07, 6.45) is 1.000. The topological polar surface area (TPSA) is 51.4 Å². The number of rotatable bonds is 9. The Hall–Kier alpha value is -1.92. The number of para-hydroxylation sites is 1. The van der Waals surface area contributed by atoms with Crippen molar-refractivity contribution in [1.82, 2.24) is 20.1 Å². The SMILES string of the molecule is CC[C@H](C)NC(=S)N(CCN(CC)CC)Cc1cc2cccc(C)c2[nH]c1=O. The predicted octanol–water partition coefficient (Wildman–Crippen LogP) is 3.65. The third-order valence-electron chi connectivity index (χ3n) is 5.38. The van der Waals surface area contributed by atoms with Crippen LogP contribution in [-0.4, -0.2) is 52.1 Å². The predicted molar refractivity (Wildman–Crippen MR) is 123 cm³/mol. The number of nitrogens with zero attached hydrogens (tertiary/aromatic N) is 2. The zero-order valence-corrected chi connectivity index (χ0v) is 18.7. The summed E-state index contributed by atoms with van der Waals surface area (Å²) in [7, 11) is 0. The van der Waals surface area contributed by atoms with Crippen LogP contribution in [0.25, 0.3) is 10.9 Å². The summed E-state index contributed by atoms with van der Waals surface area (Å²) in [5.41, 5.74) is 2.69. The molecule has 0 fully saturated rings. The van der Waals surface area contributed by atoms with Crippen LogP contribution in [0.5, 0.6) is 0 Å². The summed E-state index contributed by atoms with van der Waals surface area (Å²) >= 11 is 5.69. The van der Waals surface area contributed by atoms with Gasteiger partial charge in [-0.05, 0) is 62.6 Å². The average Bonchev–Trinajstić information content (AvgIpc) is 2.68. The number of hydrogen-bond acceptors (Lipinski definition) is 3. The summed E-state index contributed by atoms with van der Waals surface area (Å²) in [5, 5.41) is 5.17. The maximum absolute atomic E-state index is 12.7. The number of pyridine rings is 1. The molecule has 0 aliphatic carbocycles. The van der Waals surface area contributed by atoms with Crippen LogP contribution in [0.15, 0.2) is 29.1 Å². The van der Waals surface area contributed by atoms with E-state index in [1.165, 1.54) is 0 Å². The third-order valence-corrected chi connectivity index (χ3v) is 5.75. The molecule has 0 aliphatic heterocycles. The van der Waals surface area contributed by atoms with E-state index in [1.807, 2.05) is 31.2 Å². The van der Waals surface area contributed by atoms with Crippen molar-refractivity contribution in [1.29, 1.82) is 0 Å². The standard InChI is InChI=1S/C22H34N4OS/c1-6-17(5)23-22(28)26(13-12-25(7-2)8-3)15-19-14-18-11-9-10-16(4)20(18)24-21(19)27/h9-11,14,17H,6-8,12-13,15H2,1-5H3,(H,23,28)(H,24,27)/t17-/m0/s1. The highest BCUT2D eigenvalue weighted by atomic mass is 32.1. The number of aromatic amines is 1. The molecule has 0 unspecified atom stereocenters. The van der Waals surface area contributed by atoms with Gasteiger partial charge < -0.3 is 20.1 Å². The summed E-state index contributed by atoms with van der Waals surface area (Å²) in [6.45, 7) is 14.8. The van der Waals surface area contributed by atoms with Gasteiger partial charge in [0.1, 0.15) is 0 Å². The van der Waals surface area contributed by atoms with Crippen LogP contribution in [0, 0.1) is 6.92 Å². The van der Waals surface area contributed by atoms with Crippen LogP contribution in [-0.2, 0) is 6.54 Å². The van der Waals surface area contributed by atoms with Crippen LogP contribution in [0.2, 0.25) is 0 Å². The molecule has 2 rings (SSSR count). The van der Waals surface area contributed by atoms with Crippen molar-refractivity contribution in [2.24, 2.45) is 0 Å².